The molecule has 9 heteroatoms. The van der Waals surface area contributed by atoms with Crippen molar-refractivity contribution in [3.8, 4) is 0 Å². The van der Waals surface area contributed by atoms with Gasteiger partial charge in [0.15, 0.2) is 23.3 Å². The Kier molecular flexibility index (Phi) is 5.34. The molecule has 0 N–H and O–H groups in total. The Balaban J connectivity index is 0.00000196. The largest absolute Gasteiger partial charge is 1.00 e. The molecule has 0 saturated heterocycles. The fourth-order valence-corrected chi connectivity index (χ4v) is 1.20. The van der Waals surface area contributed by atoms with E-state index < -0.39 is 45.1 Å². The number of benzene rings is 1. The molecule has 0 amide bonds. The molecule has 0 aliphatic rings. The Morgan fingerprint density at radius 3 is 1.33 bits per heavy atom. The van der Waals surface area contributed by atoms with Crippen molar-refractivity contribution >= 4 is 11.1 Å². The summed E-state index contributed by atoms with van der Waals surface area (Å²) in [4.78, 5) is -1.86. The number of rotatable bonds is 1. The van der Waals surface area contributed by atoms with Crippen molar-refractivity contribution in [1.82, 2.24) is 0 Å². The summed E-state index contributed by atoms with van der Waals surface area (Å²) in [6.07, 6.45) is 0. The molecular formula is C6F5NaO2S. The maximum atomic E-state index is 12.5. The molecule has 1 rings (SSSR count). The van der Waals surface area contributed by atoms with E-state index >= 15 is 0 Å². The van der Waals surface area contributed by atoms with Crippen LogP contribution in [0.3, 0.4) is 0 Å². The summed E-state index contributed by atoms with van der Waals surface area (Å²) in [5, 5.41) is 0. The molecule has 0 aliphatic carbocycles. The zero-order chi connectivity index (χ0) is 11.0. The van der Waals surface area contributed by atoms with E-state index in [1.54, 1.807) is 0 Å². The molecule has 1 atom stereocenters. The second-order valence-corrected chi connectivity index (χ2v) is 3.01. The second-order valence-electron chi connectivity index (χ2n) is 2.13. The van der Waals surface area contributed by atoms with Crippen molar-refractivity contribution in [1.29, 1.82) is 0 Å². The van der Waals surface area contributed by atoms with Gasteiger partial charge in [-0.1, -0.05) is 0 Å². The molecule has 0 radical (unpaired) electrons. The molecule has 1 aromatic rings. The SMILES string of the molecule is O=S([O-])c1c(F)c(F)c(F)c(F)c1F.[Na+]. The summed E-state index contributed by atoms with van der Waals surface area (Å²) in [5.41, 5.74) is 0. The fraction of sp³-hybridized carbons (Fsp3) is 0. The number of halogens is 5. The van der Waals surface area contributed by atoms with Crippen LogP contribution in [0, 0.1) is 29.1 Å². The minimum atomic E-state index is -3.53. The Bertz CT molecular complexity index is 395. The van der Waals surface area contributed by atoms with Gasteiger partial charge in [0.1, 0.15) is 4.90 Å². The van der Waals surface area contributed by atoms with Crippen molar-refractivity contribution < 1.29 is 60.3 Å². The average Bonchev–Trinajstić information content (AvgIpc) is 2.11. The molecule has 0 aliphatic heterocycles. The van der Waals surface area contributed by atoms with E-state index in [0.29, 0.717) is 0 Å². The smallest absolute Gasteiger partial charge is 0.768 e. The van der Waals surface area contributed by atoms with Gasteiger partial charge in [0.2, 0.25) is 5.82 Å². The van der Waals surface area contributed by atoms with Crippen molar-refractivity contribution in [3.05, 3.63) is 29.1 Å². The summed E-state index contributed by atoms with van der Waals surface area (Å²) >= 11 is -3.53. The molecule has 15 heavy (non-hydrogen) atoms. The van der Waals surface area contributed by atoms with Crippen LogP contribution in [0.15, 0.2) is 4.90 Å². The third-order valence-corrected chi connectivity index (χ3v) is 2.03. The summed E-state index contributed by atoms with van der Waals surface area (Å²) in [5.74, 6) is -11.7. The monoisotopic (exact) mass is 254 g/mol. The van der Waals surface area contributed by atoms with Gasteiger partial charge in [0.25, 0.3) is 0 Å². The molecule has 1 aromatic carbocycles. The standard InChI is InChI=1S/C6HF5O2S.Na/c7-1-2(8)4(10)6(14(12)13)5(11)3(1)9;/h(H,12,13);/q;+1/p-1. The first-order valence-electron chi connectivity index (χ1n) is 2.98. The van der Waals surface area contributed by atoms with Crippen LogP contribution in [-0.2, 0) is 11.1 Å². The first-order chi connectivity index (χ1) is 6.37. The molecule has 0 heterocycles. The van der Waals surface area contributed by atoms with Gasteiger partial charge < -0.3 is 4.55 Å². The third kappa shape index (κ3) is 2.56. The molecule has 1 unspecified atom stereocenters. The minimum absolute atomic E-state index is 0. The van der Waals surface area contributed by atoms with E-state index in [9.17, 15) is 30.7 Å². The molecule has 0 spiro atoms. The summed E-state index contributed by atoms with van der Waals surface area (Å²) in [7, 11) is 0. The second kappa shape index (κ2) is 5.35. The van der Waals surface area contributed by atoms with Crippen molar-refractivity contribution in [2.75, 3.05) is 0 Å². The Morgan fingerprint density at radius 1 is 0.800 bits per heavy atom. The molecular weight excluding hydrogens is 254 g/mol. The fourth-order valence-electron chi connectivity index (χ4n) is 0.731. The third-order valence-electron chi connectivity index (χ3n) is 1.34. The van der Waals surface area contributed by atoms with E-state index in [-0.39, 0.29) is 29.6 Å². The van der Waals surface area contributed by atoms with Gasteiger partial charge in [0.05, 0.1) is 0 Å². The Hall–Kier alpha value is -0.0200. The minimum Gasteiger partial charge on any atom is -0.768 e. The normalized spacial score (nSPS) is 12.1. The predicted molar refractivity (Wildman–Crippen MR) is 33.4 cm³/mol. The molecule has 0 fully saturated rings. The maximum Gasteiger partial charge on any atom is 1.00 e. The molecule has 0 saturated carbocycles. The number of hydrogen-bond donors (Lipinski definition) is 0. The molecule has 2 nitrogen and oxygen atoms in total. The van der Waals surface area contributed by atoms with E-state index in [4.69, 9.17) is 0 Å². The Labute approximate surface area is 105 Å². The molecule has 78 valence electrons. The van der Waals surface area contributed by atoms with E-state index in [0.717, 1.165) is 0 Å². The van der Waals surface area contributed by atoms with Crippen molar-refractivity contribution in [2.45, 2.75) is 4.90 Å². The van der Waals surface area contributed by atoms with E-state index in [2.05, 4.69) is 0 Å². The zero-order valence-corrected chi connectivity index (χ0v) is 9.93. The first kappa shape index (κ1) is 15.0. The summed E-state index contributed by atoms with van der Waals surface area (Å²) in [6, 6.07) is 0. The van der Waals surface area contributed by atoms with Gasteiger partial charge in [-0.05, 0) is 11.1 Å². The average molecular weight is 254 g/mol. The topological polar surface area (TPSA) is 40.1 Å². The van der Waals surface area contributed by atoms with Gasteiger partial charge in [-0.15, -0.1) is 0 Å². The quantitative estimate of drug-likeness (QED) is 0.204. The van der Waals surface area contributed by atoms with Gasteiger partial charge in [-0.2, -0.15) is 0 Å². The van der Waals surface area contributed by atoms with Crippen LogP contribution < -0.4 is 29.6 Å². The van der Waals surface area contributed by atoms with E-state index in [1.807, 2.05) is 0 Å². The van der Waals surface area contributed by atoms with Crippen LogP contribution in [0.5, 0.6) is 0 Å². The van der Waals surface area contributed by atoms with E-state index in [1.165, 1.54) is 0 Å². The van der Waals surface area contributed by atoms with Crippen molar-refractivity contribution in [3.63, 3.8) is 0 Å². The van der Waals surface area contributed by atoms with Crippen LogP contribution in [0.4, 0.5) is 22.0 Å². The first-order valence-corrected chi connectivity index (χ1v) is 4.06. The van der Waals surface area contributed by atoms with Crippen LogP contribution >= 0.6 is 0 Å². The van der Waals surface area contributed by atoms with Crippen LogP contribution in [0.2, 0.25) is 0 Å². The molecule has 0 bridgehead atoms. The van der Waals surface area contributed by atoms with Crippen LogP contribution in [0.1, 0.15) is 0 Å². The van der Waals surface area contributed by atoms with Crippen LogP contribution in [-0.4, -0.2) is 8.76 Å². The van der Waals surface area contributed by atoms with Gasteiger partial charge in [0, 0.05) is 0 Å². The van der Waals surface area contributed by atoms with Crippen molar-refractivity contribution in [2.24, 2.45) is 0 Å². The summed E-state index contributed by atoms with van der Waals surface area (Å²) in [6.45, 7) is 0. The van der Waals surface area contributed by atoms with Crippen LogP contribution in [0.25, 0.3) is 0 Å². The molecule has 0 aromatic heterocycles. The van der Waals surface area contributed by atoms with Gasteiger partial charge >= 0.3 is 29.6 Å². The predicted octanol–water partition coefficient (Wildman–Crippen LogP) is -1.38. The number of hydrogen-bond acceptors (Lipinski definition) is 2. The maximum absolute atomic E-state index is 12.5. The zero-order valence-electron chi connectivity index (χ0n) is 7.11. The van der Waals surface area contributed by atoms with Gasteiger partial charge in [-0.3, -0.25) is 4.21 Å². The van der Waals surface area contributed by atoms with Gasteiger partial charge in [-0.25, -0.2) is 22.0 Å². The Morgan fingerprint density at radius 2 is 1.07 bits per heavy atom. The summed E-state index contributed by atoms with van der Waals surface area (Å²) < 4.78 is 82.3.